The van der Waals surface area contributed by atoms with Crippen LogP contribution in [0.5, 0.6) is 0 Å². The van der Waals surface area contributed by atoms with Gasteiger partial charge in [-0.25, -0.2) is 4.98 Å². The molecule has 0 saturated carbocycles. The molecule has 1 atom stereocenters. The van der Waals surface area contributed by atoms with E-state index in [0.717, 1.165) is 5.13 Å². The van der Waals surface area contributed by atoms with Gasteiger partial charge in [0.05, 0.1) is 0 Å². The van der Waals surface area contributed by atoms with Gasteiger partial charge in [-0.3, -0.25) is 4.79 Å². The largest absolute Gasteiger partial charge is 0.480 e. The fourth-order valence-electron chi connectivity index (χ4n) is 1.48. The summed E-state index contributed by atoms with van der Waals surface area (Å²) >= 11 is 1.25. The van der Waals surface area contributed by atoms with E-state index >= 15 is 0 Å². The van der Waals surface area contributed by atoms with Crippen LogP contribution in [0.1, 0.15) is 6.42 Å². The predicted octanol–water partition coefficient (Wildman–Crippen LogP) is -0.470. The van der Waals surface area contributed by atoms with Gasteiger partial charge in [-0.15, -0.1) is 0 Å². The SMILES string of the molecule is NC1(C(=O)O)CCN(c2ncns2)C1. The van der Waals surface area contributed by atoms with Gasteiger partial charge >= 0.3 is 5.97 Å². The summed E-state index contributed by atoms with van der Waals surface area (Å²) in [5, 5.41) is 9.64. The van der Waals surface area contributed by atoms with Crippen molar-refractivity contribution in [1.82, 2.24) is 9.36 Å². The van der Waals surface area contributed by atoms with Crippen LogP contribution in [0, 0.1) is 0 Å². The van der Waals surface area contributed by atoms with E-state index in [-0.39, 0.29) is 0 Å². The Bertz CT molecular complexity index is 341. The maximum absolute atomic E-state index is 10.9. The maximum Gasteiger partial charge on any atom is 0.325 e. The fraction of sp³-hybridized carbons (Fsp3) is 0.571. The summed E-state index contributed by atoms with van der Waals surface area (Å²) in [4.78, 5) is 16.7. The van der Waals surface area contributed by atoms with Gasteiger partial charge in [-0.05, 0) is 6.42 Å². The monoisotopic (exact) mass is 214 g/mol. The van der Waals surface area contributed by atoms with Gasteiger partial charge < -0.3 is 15.7 Å². The highest BCUT2D eigenvalue weighted by molar-refractivity contribution is 7.09. The van der Waals surface area contributed by atoms with Crippen LogP contribution in [0.15, 0.2) is 6.33 Å². The molecule has 1 aromatic rings. The number of rotatable bonds is 2. The van der Waals surface area contributed by atoms with E-state index in [1.54, 1.807) is 0 Å². The average Bonchev–Trinajstić information content (AvgIpc) is 2.72. The molecule has 0 radical (unpaired) electrons. The zero-order valence-corrected chi connectivity index (χ0v) is 8.20. The molecule has 0 bridgehead atoms. The first-order chi connectivity index (χ1) is 6.62. The first-order valence-electron chi connectivity index (χ1n) is 4.16. The summed E-state index contributed by atoms with van der Waals surface area (Å²) in [7, 11) is 0. The minimum atomic E-state index is -1.13. The summed E-state index contributed by atoms with van der Waals surface area (Å²) in [5.74, 6) is -0.954. The second kappa shape index (κ2) is 3.18. The number of aliphatic carboxylic acids is 1. The summed E-state index contributed by atoms with van der Waals surface area (Å²) in [5.41, 5.74) is 4.58. The number of carbonyl (C=O) groups is 1. The Hall–Kier alpha value is -1.21. The van der Waals surface area contributed by atoms with Gasteiger partial charge in [0, 0.05) is 24.6 Å². The number of hydrogen-bond acceptors (Lipinski definition) is 6. The molecule has 76 valence electrons. The molecule has 1 fully saturated rings. The zero-order chi connectivity index (χ0) is 10.2. The van der Waals surface area contributed by atoms with Gasteiger partial charge in [-0.2, -0.15) is 4.37 Å². The number of anilines is 1. The van der Waals surface area contributed by atoms with E-state index in [1.807, 2.05) is 4.90 Å². The summed E-state index contributed by atoms with van der Waals surface area (Å²) in [6.45, 7) is 0.926. The summed E-state index contributed by atoms with van der Waals surface area (Å²) in [6.07, 6.45) is 1.90. The lowest BCUT2D eigenvalue weighted by Crippen LogP contribution is -2.50. The lowest BCUT2D eigenvalue weighted by Gasteiger charge is -2.18. The average molecular weight is 214 g/mol. The molecule has 1 unspecified atom stereocenters. The lowest BCUT2D eigenvalue weighted by molar-refractivity contribution is -0.142. The number of nitrogens with zero attached hydrogens (tertiary/aromatic N) is 3. The number of nitrogens with two attached hydrogens (primary N) is 1. The molecule has 0 amide bonds. The van der Waals surface area contributed by atoms with Gasteiger partial charge in [0.2, 0.25) is 5.13 Å². The van der Waals surface area contributed by atoms with E-state index in [1.165, 1.54) is 17.9 Å². The maximum atomic E-state index is 10.9. The van der Waals surface area contributed by atoms with Gasteiger partial charge in [0.25, 0.3) is 0 Å². The van der Waals surface area contributed by atoms with Crippen molar-refractivity contribution in [1.29, 1.82) is 0 Å². The Morgan fingerprint density at radius 1 is 1.79 bits per heavy atom. The van der Waals surface area contributed by atoms with Crippen LogP contribution in [0.2, 0.25) is 0 Å². The third-order valence-corrected chi connectivity index (χ3v) is 3.07. The van der Waals surface area contributed by atoms with Crippen molar-refractivity contribution in [3.8, 4) is 0 Å². The van der Waals surface area contributed by atoms with Crippen LogP contribution in [0.3, 0.4) is 0 Å². The minimum Gasteiger partial charge on any atom is -0.480 e. The minimum absolute atomic E-state index is 0.303. The molecule has 14 heavy (non-hydrogen) atoms. The molecule has 0 spiro atoms. The van der Waals surface area contributed by atoms with Crippen LogP contribution < -0.4 is 10.6 Å². The molecule has 0 aliphatic carbocycles. The zero-order valence-electron chi connectivity index (χ0n) is 7.38. The molecular weight excluding hydrogens is 204 g/mol. The highest BCUT2D eigenvalue weighted by Gasteiger charge is 2.42. The normalized spacial score (nSPS) is 26.8. The summed E-state index contributed by atoms with van der Waals surface area (Å²) in [6, 6.07) is 0. The number of carboxylic acid groups (broad SMARTS) is 1. The van der Waals surface area contributed by atoms with Crippen LogP contribution in [-0.2, 0) is 4.79 Å². The van der Waals surface area contributed by atoms with Crippen LogP contribution in [-0.4, -0.2) is 39.1 Å². The Morgan fingerprint density at radius 2 is 2.57 bits per heavy atom. The third kappa shape index (κ3) is 1.44. The topological polar surface area (TPSA) is 92.3 Å². The number of aromatic nitrogens is 2. The highest BCUT2D eigenvalue weighted by Crippen LogP contribution is 2.25. The van der Waals surface area contributed by atoms with Crippen molar-refractivity contribution >= 4 is 22.6 Å². The molecule has 1 aromatic heterocycles. The van der Waals surface area contributed by atoms with E-state index in [0.29, 0.717) is 19.5 Å². The molecular formula is C7H10N4O2S. The second-order valence-electron chi connectivity index (χ2n) is 3.36. The van der Waals surface area contributed by atoms with Crippen molar-refractivity contribution in [2.45, 2.75) is 12.0 Å². The Morgan fingerprint density at radius 3 is 3.07 bits per heavy atom. The summed E-state index contributed by atoms with van der Waals surface area (Å²) < 4.78 is 3.86. The van der Waals surface area contributed by atoms with Crippen molar-refractivity contribution in [3.05, 3.63) is 6.33 Å². The first-order valence-corrected chi connectivity index (χ1v) is 4.93. The Balaban J connectivity index is 2.12. The number of hydrogen-bond donors (Lipinski definition) is 2. The van der Waals surface area contributed by atoms with E-state index in [4.69, 9.17) is 10.8 Å². The molecule has 1 saturated heterocycles. The van der Waals surface area contributed by atoms with E-state index in [2.05, 4.69) is 9.36 Å². The van der Waals surface area contributed by atoms with Crippen LogP contribution in [0.25, 0.3) is 0 Å². The van der Waals surface area contributed by atoms with Crippen molar-refractivity contribution in [2.24, 2.45) is 5.73 Å². The number of carboxylic acids is 1. The van der Waals surface area contributed by atoms with Gasteiger partial charge in [-0.1, -0.05) is 0 Å². The standard InChI is InChI=1S/C7H10N4O2S/c8-7(5(12)13)1-2-11(3-7)6-9-4-10-14-6/h4H,1-3,8H2,(H,12,13). The molecule has 2 rings (SSSR count). The lowest BCUT2D eigenvalue weighted by atomic mass is 10.0. The molecule has 7 heteroatoms. The van der Waals surface area contributed by atoms with Crippen molar-refractivity contribution in [2.75, 3.05) is 18.0 Å². The van der Waals surface area contributed by atoms with Crippen molar-refractivity contribution in [3.63, 3.8) is 0 Å². The molecule has 0 aromatic carbocycles. The van der Waals surface area contributed by atoms with Gasteiger partial charge in [0.15, 0.2) is 0 Å². The highest BCUT2D eigenvalue weighted by atomic mass is 32.1. The fourth-order valence-corrected chi connectivity index (χ4v) is 2.03. The molecule has 6 nitrogen and oxygen atoms in total. The third-order valence-electron chi connectivity index (χ3n) is 2.35. The quantitative estimate of drug-likeness (QED) is 0.691. The van der Waals surface area contributed by atoms with Gasteiger partial charge in [0.1, 0.15) is 11.9 Å². The molecule has 1 aliphatic rings. The van der Waals surface area contributed by atoms with Crippen LogP contribution >= 0.6 is 11.5 Å². The molecule has 3 N–H and O–H groups in total. The predicted molar refractivity (Wildman–Crippen MR) is 51.3 cm³/mol. The Labute approximate surface area is 84.5 Å². The van der Waals surface area contributed by atoms with Crippen LogP contribution in [0.4, 0.5) is 5.13 Å². The van der Waals surface area contributed by atoms with E-state index < -0.39 is 11.5 Å². The van der Waals surface area contributed by atoms with Crippen molar-refractivity contribution < 1.29 is 9.90 Å². The smallest absolute Gasteiger partial charge is 0.325 e. The molecule has 1 aliphatic heterocycles. The molecule has 2 heterocycles. The second-order valence-corrected chi connectivity index (χ2v) is 4.12. The van der Waals surface area contributed by atoms with E-state index in [9.17, 15) is 4.79 Å². The first kappa shape index (κ1) is 9.35. The Kier molecular flexibility index (Phi) is 2.12.